The van der Waals surface area contributed by atoms with Gasteiger partial charge in [-0.1, -0.05) is 12.1 Å². The normalized spacial score (nSPS) is 14.6. The van der Waals surface area contributed by atoms with Gasteiger partial charge in [0.2, 0.25) is 11.8 Å². The largest absolute Gasteiger partial charge is 0.438 e. The Kier molecular flexibility index (Phi) is 7.09. The van der Waals surface area contributed by atoms with Gasteiger partial charge in [0.1, 0.15) is 17.7 Å². The van der Waals surface area contributed by atoms with Crippen LogP contribution >= 0.6 is 0 Å². The molecule has 192 valence electrons. The zero-order valence-corrected chi connectivity index (χ0v) is 20.0. The Labute approximate surface area is 211 Å². The maximum absolute atomic E-state index is 12.7. The molecule has 0 aliphatic carbocycles. The number of benzene rings is 2. The van der Waals surface area contributed by atoms with E-state index in [0.717, 1.165) is 55.6 Å². The highest BCUT2D eigenvalue weighted by Crippen LogP contribution is 2.30. The van der Waals surface area contributed by atoms with E-state index in [1.807, 2.05) is 12.3 Å². The number of carbonyl (C=O) groups is 1. The zero-order chi connectivity index (χ0) is 25.8. The van der Waals surface area contributed by atoms with Crippen LogP contribution in [0.3, 0.4) is 0 Å². The lowest BCUT2D eigenvalue weighted by atomic mass is 9.98. The summed E-state index contributed by atoms with van der Waals surface area (Å²) in [5.74, 6) is 1.28. The lowest BCUT2D eigenvalue weighted by Gasteiger charge is -2.23. The van der Waals surface area contributed by atoms with Crippen LogP contribution in [-0.4, -0.2) is 33.5 Å². The number of hydrogen-bond donors (Lipinski definition) is 2. The molecule has 2 N–H and O–H groups in total. The number of piperidine rings is 1. The number of carbonyl (C=O) groups excluding carboxylic acids is 1. The molecule has 1 aliphatic heterocycles. The Hall–Kier alpha value is -3.92. The molecule has 1 aliphatic rings. The molecule has 1 saturated heterocycles. The summed E-state index contributed by atoms with van der Waals surface area (Å²) in [6.07, 6.45) is 1.35. The molecule has 1 amide bonds. The van der Waals surface area contributed by atoms with Crippen molar-refractivity contribution in [3.63, 3.8) is 0 Å². The molecule has 5 rings (SSSR count). The number of ether oxygens (including phenoxy) is 1. The molecular weight excluding hydrogens is 483 g/mol. The minimum atomic E-state index is -4.40. The number of nitrogens with zero attached hydrogens (tertiary/aromatic N) is 3. The van der Waals surface area contributed by atoms with Gasteiger partial charge in [-0.15, -0.1) is 0 Å². The second-order valence-electron chi connectivity index (χ2n) is 9.12. The number of amides is 1. The molecule has 2 aromatic carbocycles. The third-order valence-corrected chi connectivity index (χ3v) is 6.43. The van der Waals surface area contributed by atoms with E-state index in [0.29, 0.717) is 28.8 Å². The van der Waals surface area contributed by atoms with E-state index in [1.54, 1.807) is 24.3 Å². The topological polar surface area (TPSA) is 81.1 Å². The average Bonchev–Trinajstić information content (AvgIpc) is 3.29. The molecule has 0 bridgehead atoms. The first kappa shape index (κ1) is 24.8. The highest BCUT2D eigenvalue weighted by atomic mass is 19.4. The summed E-state index contributed by atoms with van der Waals surface area (Å²) in [6.45, 7) is 2.99. The zero-order valence-electron chi connectivity index (χ0n) is 20.0. The Balaban J connectivity index is 1.20. The molecule has 0 spiro atoms. The number of halogens is 3. The lowest BCUT2D eigenvalue weighted by molar-refractivity contribution is -0.137. The predicted octanol–water partition coefficient (Wildman–Crippen LogP) is 5.42. The average molecular weight is 510 g/mol. The fourth-order valence-electron chi connectivity index (χ4n) is 4.47. The van der Waals surface area contributed by atoms with Gasteiger partial charge in [0, 0.05) is 18.4 Å². The van der Waals surface area contributed by atoms with Crippen molar-refractivity contribution in [3.8, 4) is 11.6 Å². The van der Waals surface area contributed by atoms with Crippen LogP contribution in [0.4, 0.5) is 18.9 Å². The van der Waals surface area contributed by atoms with Crippen LogP contribution in [0, 0.1) is 5.92 Å². The van der Waals surface area contributed by atoms with Crippen molar-refractivity contribution in [2.75, 3.05) is 18.4 Å². The summed E-state index contributed by atoms with van der Waals surface area (Å²) in [4.78, 5) is 21.1. The summed E-state index contributed by atoms with van der Waals surface area (Å²) in [7, 11) is 0. The molecule has 4 aromatic rings. The highest BCUT2D eigenvalue weighted by Gasteiger charge is 2.30. The molecule has 0 atom stereocenters. The molecule has 0 radical (unpaired) electrons. The van der Waals surface area contributed by atoms with Crippen LogP contribution in [0.15, 0.2) is 67.1 Å². The number of hydrogen-bond acceptors (Lipinski definition) is 5. The highest BCUT2D eigenvalue weighted by molar-refractivity contribution is 5.92. The molecule has 2 aromatic heterocycles. The SMILES string of the molecule is O=C(Cc1ccc(C(F)(F)F)cc1)Nc1ccc(Oc2ncnc3c2ccn3CC2CCNCC2)cc1. The Morgan fingerprint density at radius 1 is 1.03 bits per heavy atom. The van der Waals surface area contributed by atoms with Crippen molar-refractivity contribution in [1.29, 1.82) is 0 Å². The summed E-state index contributed by atoms with van der Waals surface area (Å²) in [6, 6.07) is 13.3. The molecular formula is C27H26F3N5O2. The smallest absolute Gasteiger partial charge is 0.416 e. The van der Waals surface area contributed by atoms with Gasteiger partial charge in [0.15, 0.2) is 0 Å². The van der Waals surface area contributed by atoms with E-state index in [4.69, 9.17) is 4.74 Å². The van der Waals surface area contributed by atoms with Crippen molar-refractivity contribution in [2.24, 2.45) is 5.92 Å². The van der Waals surface area contributed by atoms with Gasteiger partial charge in [0.25, 0.3) is 0 Å². The summed E-state index contributed by atoms with van der Waals surface area (Å²) < 4.78 is 46.3. The Morgan fingerprint density at radius 3 is 2.46 bits per heavy atom. The quantitative estimate of drug-likeness (QED) is 0.348. The van der Waals surface area contributed by atoms with Crippen molar-refractivity contribution in [1.82, 2.24) is 19.9 Å². The predicted molar refractivity (Wildman–Crippen MR) is 133 cm³/mol. The van der Waals surface area contributed by atoms with E-state index >= 15 is 0 Å². The fraction of sp³-hybridized carbons (Fsp3) is 0.296. The van der Waals surface area contributed by atoms with Gasteiger partial charge in [-0.2, -0.15) is 13.2 Å². The number of rotatable bonds is 7. The van der Waals surface area contributed by atoms with Crippen LogP contribution in [0.1, 0.15) is 24.0 Å². The van der Waals surface area contributed by atoms with Crippen molar-refractivity contribution in [3.05, 3.63) is 78.2 Å². The van der Waals surface area contributed by atoms with E-state index in [1.165, 1.54) is 18.5 Å². The standard InChI is InChI=1S/C27H26F3N5O2/c28-27(29,30)20-3-1-18(2-4-20)15-24(36)34-21-5-7-22(8-6-21)37-26-23-11-14-35(25(23)32-17-33-26)16-19-9-12-31-13-10-19/h1-8,11,14,17,19,31H,9-10,12-13,15-16H2,(H,34,36). The van der Waals surface area contributed by atoms with E-state index < -0.39 is 11.7 Å². The first-order valence-corrected chi connectivity index (χ1v) is 12.1. The van der Waals surface area contributed by atoms with Crippen molar-refractivity contribution < 1.29 is 22.7 Å². The van der Waals surface area contributed by atoms with Gasteiger partial charge < -0.3 is 19.9 Å². The fourth-order valence-corrected chi connectivity index (χ4v) is 4.47. The van der Waals surface area contributed by atoms with Gasteiger partial charge >= 0.3 is 6.18 Å². The van der Waals surface area contributed by atoms with Crippen molar-refractivity contribution in [2.45, 2.75) is 32.0 Å². The molecule has 7 nitrogen and oxygen atoms in total. The number of fused-ring (bicyclic) bond motifs is 1. The van der Waals surface area contributed by atoms with E-state index in [9.17, 15) is 18.0 Å². The van der Waals surface area contributed by atoms with Crippen LogP contribution in [0.25, 0.3) is 11.0 Å². The minimum absolute atomic E-state index is 0.0380. The van der Waals surface area contributed by atoms with Crippen LogP contribution < -0.4 is 15.4 Å². The summed E-state index contributed by atoms with van der Waals surface area (Å²) in [5.41, 5.74) is 1.12. The summed E-state index contributed by atoms with van der Waals surface area (Å²) >= 11 is 0. The Morgan fingerprint density at radius 2 is 1.76 bits per heavy atom. The molecule has 0 saturated carbocycles. The van der Waals surface area contributed by atoms with Crippen LogP contribution in [-0.2, 0) is 23.9 Å². The monoisotopic (exact) mass is 509 g/mol. The minimum Gasteiger partial charge on any atom is -0.438 e. The van der Waals surface area contributed by atoms with E-state index in [-0.39, 0.29) is 12.3 Å². The van der Waals surface area contributed by atoms with E-state index in [2.05, 4.69) is 25.2 Å². The third kappa shape index (κ3) is 6.08. The number of alkyl halides is 3. The van der Waals surface area contributed by atoms with Gasteiger partial charge in [0.05, 0.1) is 17.4 Å². The number of anilines is 1. The van der Waals surface area contributed by atoms with Crippen LogP contribution in [0.2, 0.25) is 0 Å². The maximum atomic E-state index is 12.7. The number of aromatic nitrogens is 3. The molecule has 3 heterocycles. The second kappa shape index (κ2) is 10.6. The van der Waals surface area contributed by atoms with Gasteiger partial charge in [-0.05, 0) is 79.9 Å². The molecule has 1 fully saturated rings. The van der Waals surface area contributed by atoms with Crippen molar-refractivity contribution >= 4 is 22.6 Å². The number of nitrogens with one attached hydrogen (secondary N) is 2. The third-order valence-electron chi connectivity index (χ3n) is 6.43. The van der Waals surface area contributed by atoms with Gasteiger partial charge in [-0.3, -0.25) is 4.79 Å². The second-order valence-corrected chi connectivity index (χ2v) is 9.12. The van der Waals surface area contributed by atoms with Crippen LogP contribution in [0.5, 0.6) is 11.6 Å². The first-order valence-electron chi connectivity index (χ1n) is 12.1. The maximum Gasteiger partial charge on any atom is 0.416 e. The molecule has 0 unspecified atom stereocenters. The molecule has 37 heavy (non-hydrogen) atoms. The Bertz CT molecular complexity index is 1360. The first-order chi connectivity index (χ1) is 17.8. The molecule has 10 heteroatoms. The summed E-state index contributed by atoms with van der Waals surface area (Å²) in [5, 5.41) is 6.96. The van der Waals surface area contributed by atoms with Gasteiger partial charge in [-0.25, -0.2) is 9.97 Å². The lowest BCUT2D eigenvalue weighted by Crippen LogP contribution is -2.29.